The van der Waals surface area contributed by atoms with Gasteiger partial charge in [-0.05, 0) is 30.7 Å². The molecule has 0 unspecified atom stereocenters. The van der Waals surface area contributed by atoms with Gasteiger partial charge in [0.2, 0.25) is 0 Å². The molecule has 1 N–H and O–H groups in total. The number of nitrogens with zero attached hydrogens (tertiary/aromatic N) is 2. The number of carbonyl (C=O) groups is 1. The van der Waals surface area contributed by atoms with Gasteiger partial charge in [-0.2, -0.15) is 18.3 Å². The first kappa shape index (κ1) is 15.1. The predicted octanol–water partition coefficient (Wildman–Crippen LogP) is 2.85. The second kappa shape index (κ2) is 5.99. The van der Waals surface area contributed by atoms with Crippen LogP contribution in [0.3, 0.4) is 0 Å². The van der Waals surface area contributed by atoms with Crippen molar-refractivity contribution in [3.8, 4) is 0 Å². The first-order valence-electron chi connectivity index (χ1n) is 6.38. The Kier molecular flexibility index (Phi) is 4.30. The highest BCUT2D eigenvalue weighted by Crippen LogP contribution is 2.29. The number of hydrogen-bond donors (Lipinski definition) is 1. The van der Waals surface area contributed by atoms with E-state index in [2.05, 4.69) is 10.4 Å². The third kappa shape index (κ3) is 3.84. The van der Waals surface area contributed by atoms with Gasteiger partial charge in [0.1, 0.15) is 5.69 Å². The standard InChI is InChI=1S/C14H14F3N3O/c1-2-20-7-6-12(19-20)13(21)18-9-10-4-3-5-11(8-10)14(15,16)17/h3-8H,2,9H2,1H3,(H,18,21). The highest BCUT2D eigenvalue weighted by Gasteiger charge is 2.30. The van der Waals surface area contributed by atoms with Crippen molar-refractivity contribution < 1.29 is 18.0 Å². The van der Waals surface area contributed by atoms with Crippen LogP contribution in [0.4, 0.5) is 13.2 Å². The van der Waals surface area contributed by atoms with Crippen LogP contribution in [0.25, 0.3) is 0 Å². The molecule has 4 nitrogen and oxygen atoms in total. The number of aromatic nitrogens is 2. The minimum absolute atomic E-state index is 0.0156. The molecule has 112 valence electrons. The summed E-state index contributed by atoms with van der Waals surface area (Å²) in [6, 6.07) is 6.42. The Morgan fingerprint density at radius 1 is 1.33 bits per heavy atom. The number of nitrogens with one attached hydrogen (secondary N) is 1. The molecular formula is C14H14F3N3O. The summed E-state index contributed by atoms with van der Waals surface area (Å²) in [6.45, 7) is 2.54. The maximum atomic E-state index is 12.6. The summed E-state index contributed by atoms with van der Waals surface area (Å²) in [5, 5.41) is 6.57. The normalized spacial score (nSPS) is 11.4. The summed E-state index contributed by atoms with van der Waals surface area (Å²) in [6.07, 6.45) is -2.72. The van der Waals surface area contributed by atoms with Gasteiger partial charge >= 0.3 is 6.18 Å². The SMILES string of the molecule is CCn1ccc(C(=O)NCc2cccc(C(F)(F)F)c2)n1. The molecular weight excluding hydrogens is 283 g/mol. The van der Waals surface area contributed by atoms with Gasteiger partial charge in [-0.25, -0.2) is 0 Å². The average Bonchev–Trinajstić information content (AvgIpc) is 2.93. The van der Waals surface area contributed by atoms with Crippen molar-refractivity contribution in [2.24, 2.45) is 0 Å². The van der Waals surface area contributed by atoms with E-state index in [-0.39, 0.29) is 12.2 Å². The van der Waals surface area contributed by atoms with E-state index in [1.807, 2.05) is 6.92 Å². The summed E-state index contributed by atoms with van der Waals surface area (Å²) in [4.78, 5) is 11.8. The molecule has 0 aliphatic carbocycles. The van der Waals surface area contributed by atoms with Crippen molar-refractivity contribution in [3.05, 3.63) is 53.3 Å². The lowest BCUT2D eigenvalue weighted by molar-refractivity contribution is -0.137. The van der Waals surface area contributed by atoms with E-state index in [1.54, 1.807) is 16.9 Å². The van der Waals surface area contributed by atoms with Crippen LogP contribution in [-0.4, -0.2) is 15.7 Å². The second-order valence-corrected chi connectivity index (χ2v) is 4.44. The molecule has 0 fully saturated rings. The molecule has 1 aromatic heterocycles. The number of rotatable bonds is 4. The Hall–Kier alpha value is -2.31. The molecule has 1 aromatic carbocycles. The van der Waals surface area contributed by atoms with Gasteiger partial charge in [-0.3, -0.25) is 9.48 Å². The van der Waals surface area contributed by atoms with Crippen LogP contribution in [0.5, 0.6) is 0 Å². The molecule has 0 radical (unpaired) electrons. The minimum Gasteiger partial charge on any atom is -0.347 e. The molecule has 2 aromatic rings. The van der Waals surface area contributed by atoms with Gasteiger partial charge in [-0.15, -0.1) is 0 Å². The quantitative estimate of drug-likeness (QED) is 0.943. The molecule has 0 saturated carbocycles. The molecule has 0 saturated heterocycles. The molecule has 0 spiro atoms. The van der Waals surface area contributed by atoms with Crippen LogP contribution >= 0.6 is 0 Å². The van der Waals surface area contributed by atoms with Crippen molar-refractivity contribution in [3.63, 3.8) is 0 Å². The average molecular weight is 297 g/mol. The van der Waals surface area contributed by atoms with Crippen molar-refractivity contribution in [2.75, 3.05) is 0 Å². The second-order valence-electron chi connectivity index (χ2n) is 4.44. The van der Waals surface area contributed by atoms with Crippen LogP contribution in [0, 0.1) is 0 Å². The Morgan fingerprint density at radius 2 is 2.10 bits per heavy atom. The molecule has 0 aliphatic rings. The van der Waals surface area contributed by atoms with Gasteiger partial charge in [0, 0.05) is 19.3 Å². The maximum absolute atomic E-state index is 12.6. The molecule has 0 atom stereocenters. The van der Waals surface area contributed by atoms with Crippen molar-refractivity contribution >= 4 is 5.91 Å². The predicted molar refractivity (Wildman–Crippen MR) is 70.5 cm³/mol. The molecule has 1 heterocycles. The summed E-state index contributed by atoms with van der Waals surface area (Å²) in [7, 11) is 0. The van der Waals surface area contributed by atoms with Crippen LogP contribution < -0.4 is 5.32 Å². The third-order valence-electron chi connectivity index (χ3n) is 2.90. The van der Waals surface area contributed by atoms with Gasteiger partial charge in [0.15, 0.2) is 0 Å². The zero-order valence-corrected chi connectivity index (χ0v) is 11.3. The Morgan fingerprint density at radius 3 is 2.71 bits per heavy atom. The highest BCUT2D eigenvalue weighted by atomic mass is 19.4. The van der Waals surface area contributed by atoms with E-state index >= 15 is 0 Å². The fourth-order valence-electron chi connectivity index (χ4n) is 1.79. The van der Waals surface area contributed by atoms with E-state index in [4.69, 9.17) is 0 Å². The van der Waals surface area contributed by atoms with Gasteiger partial charge in [-0.1, -0.05) is 12.1 Å². The molecule has 21 heavy (non-hydrogen) atoms. The third-order valence-corrected chi connectivity index (χ3v) is 2.90. The molecule has 0 bridgehead atoms. The van der Waals surface area contributed by atoms with Crippen LogP contribution in [0.1, 0.15) is 28.5 Å². The van der Waals surface area contributed by atoms with Gasteiger partial charge in [0.05, 0.1) is 5.56 Å². The molecule has 7 heteroatoms. The van der Waals surface area contributed by atoms with Crippen LogP contribution in [0.15, 0.2) is 36.5 Å². The number of hydrogen-bond acceptors (Lipinski definition) is 2. The van der Waals surface area contributed by atoms with Crippen LogP contribution in [-0.2, 0) is 19.3 Å². The fourth-order valence-corrected chi connectivity index (χ4v) is 1.79. The number of halogens is 3. The zero-order valence-electron chi connectivity index (χ0n) is 11.3. The lowest BCUT2D eigenvalue weighted by atomic mass is 10.1. The number of alkyl halides is 3. The minimum atomic E-state index is -4.39. The summed E-state index contributed by atoms with van der Waals surface area (Å²) in [5.41, 5.74) is -0.110. The lowest BCUT2D eigenvalue weighted by Crippen LogP contribution is -2.23. The van der Waals surface area contributed by atoms with Crippen LogP contribution in [0.2, 0.25) is 0 Å². The Bertz CT molecular complexity index is 634. The Labute approximate surface area is 119 Å². The van der Waals surface area contributed by atoms with Crippen molar-refractivity contribution in [1.82, 2.24) is 15.1 Å². The first-order chi connectivity index (χ1) is 9.90. The van der Waals surface area contributed by atoms with E-state index in [1.165, 1.54) is 12.1 Å². The van der Waals surface area contributed by atoms with Gasteiger partial charge in [0.25, 0.3) is 5.91 Å². The summed E-state index contributed by atoms with van der Waals surface area (Å²) < 4.78 is 39.3. The van der Waals surface area contributed by atoms with Crippen molar-refractivity contribution in [1.29, 1.82) is 0 Å². The van der Waals surface area contributed by atoms with E-state index < -0.39 is 17.6 Å². The maximum Gasteiger partial charge on any atom is 0.416 e. The largest absolute Gasteiger partial charge is 0.416 e. The molecule has 1 amide bonds. The topological polar surface area (TPSA) is 46.9 Å². The number of carbonyl (C=O) groups excluding carboxylic acids is 1. The lowest BCUT2D eigenvalue weighted by Gasteiger charge is -2.09. The highest BCUT2D eigenvalue weighted by molar-refractivity contribution is 5.92. The summed E-state index contributed by atoms with van der Waals surface area (Å²) >= 11 is 0. The number of amides is 1. The smallest absolute Gasteiger partial charge is 0.347 e. The fraction of sp³-hybridized carbons (Fsp3) is 0.286. The van der Waals surface area contributed by atoms with Gasteiger partial charge < -0.3 is 5.32 Å². The molecule has 0 aliphatic heterocycles. The molecule has 2 rings (SSSR count). The van der Waals surface area contributed by atoms with E-state index in [0.29, 0.717) is 12.1 Å². The monoisotopic (exact) mass is 297 g/mol. The Balaban J connectivity index is 2.01. The number of aryl methyl sites for hydroxylation is 1. The zero-order chi connectivity index (χ0) is 15.5. The number of benzene rings is 1. The van der Waals surface area contributed by atoms with E-state index in [9.17, 15) is 18.0 Å². The first-order valence-corrected chi connectivity index (χ1v) is 6.38. The summed E-state index contributed by atoms with van der Waals surface area (Å²) in [5.74, 6) is -0.417. The van der Waals surface area contributed by atoms with E-state index in [0.717, 1.165) is 12.1 Å². The van der Waals surface area contributed by atoms with Crippen molar-refractivity contribution in [2.45, 2.75) is 26.2 Å².